The molecule has 2 aromatic carbocycles. The molecule has 0 fully saturated rings. The summed E-state index contributed by atoms with van der Waals surface area (Å²) >= 11 is 0. The van der Waals surface area contributed by atoms with Crippen molar-refractivity contribution in [2.45, 2.75) is 33.1 Å². The number of benzene rings is 2. The maximum absolute atomic E-state index is 12.8. The van der Waals surface area contributed by atoms with Crippen molar-refractivity contribution in [2.75, 3.05) is 10.6 Å². The molecule has 0 saturated carbocycles. The number of aryl methyl sites for hydroxylation is 1. The quantitative estimate of drug-likeness (QED) is 0.647. The van der Waals surface area contributed by atoms with Crippen LogP contribution in [-0.4, -0.2) is 16.8 Å². The van der Waals surface area contributed by atoms with Gasteiger partial charge in [-0.05, 0) is 53.8 Å². The fraction of sp³-hybridized carbons (Fsp3) is 0.208. The topological polar surface area (TPSA) is 71.1 Å². The molecule has 29 heavy (non-hydrogen) atoms. The number of hydrogen-bond acceptors (Lipinski definition) is 3. The fourth-order valence-electron chi connectivity index (χ4n) is 3.05. The second-order valence-corrected chi connectivity index (χ2v) is 8.00. The highest BCUT2D eigenvalue weighted by Gasteiger charge is 2.19. The van der Waals surface area contributed by atoms with Gasteiger partial charge in [0.15, 0.2) is 0 Å². The molecule has 1 heterocycles. The summed E-state index contributed by atoms with van der Waals surface area (Å²) in [5.41, 5.74) is 3.97. The lowest BCUT2D eigenvalue weighted by Crippen LogP contribution is -2.20. The maximum atomic E-state index is 12.8. The Bertz CT molecular complexity index is 1050. The minimum absolute atomic E-state index is 0.110. The van der Waals surface area contributed by atoms with Crippen LogP contribution in [0.4, 0.5) is 11.4 Å². The van der Waals surface area contributed by atoms with Crippen molar-refractivity contribution in [2.24, 2.45) is 0 Å². The van der Waals surface area contributed by atoms with E-state index >= 15 is 0 Å². The van der Waals surface area contributed by atoms with Crippen LogP contribution in [0.2, 0.25) is 0 Å². The Morgan fingerprint density at radius 1 is 0.862 bits per heavy atom. The first-order valence-corrected chi connectivity index (χ1v) is 9.49. The van der Waals surface area contributed by atoms with Gasteiger partial charge in [0.25, 0.3) is 11.8 Å². The second-order valence-electron chi connectivity index (χ2n) is 8.00. The van der Waals surface area contributed by atoms with Gasteiger partial charge in [-0.15, -0.1) is 0 Å². The number of anilines is 2. The standard InChI is InChI=1S/C24H25N3O2/c1-16-8-7-9-18(14-16)26-23(29)21-15-17(12-13-25-21)22(28)27-20-11-6-5-10-19(20)24(2,3)4/h5-15H,1-4H3,(H,26,29)(H,27,28). The van der Waals surface area contributed by atoms with E-state index < -0.39 is 0 Å². The molecule has 0 atom stereocenters. The second kappa shape index (κ2) is 8.27. The number of nitrogens with zero attached hydrogens (tertiary/aromatic N) is 1. The van der Waals surface area contributed by atoms with E-state index in [1.54, 1.807) is 6.07 Å². The monoisotopic (exact) mass is 387 g/mol. The first-order valence-electron chi connectivity index (χ1n) is 9.49. The molecule has 0 aliphatic rings. The van der Waals surface area contributed by atoms with Crippen LogP contribution in [0, 0.1) is 6.92 Å². The van der Waals surface area contributed by atoms with Gasteiger partial charge in [0.1, 0.15) is 5.69 Å². The molecule has 3 rings (SSSR count). The van der Waals surface area contributed by atoms with Crippen LogP contribution in [0.15, 0.2) is 66.9 Å². The van der Waals surface area contributed by atoms with Gasteiger partial charge in [-0.2, -0.15) is 0 Å². The summed E-state index contributed by atoms with van der Waals surface area (Å²) in [5, 5.41) is 5.77. The zero-order valence-corrected chi connectivity index (χ0v) is 17.1. The van der Waals surface area contributed by atoms with Crippen LogP contribution >= 0.6 is 0 Å². The third kappa shape index (κ3) is 5.08. The Balaban J connectivity index is 1.79. The lowest BCUT2D eigenvalue weighted by molar-refractivity contribution is 0.102. The van der Waals surface area contributed by atoms with Crippen molar-refractivity contribution in [3.05, 3.63) is 89.2 Å². The van der Waals surface area contributed by atoms with E-state index in [0.29, 0.717) is 11.3 Å². The summed E-state index contributed by atoms with van der Waals surface area (Å²) in [4.78, 5) is 29.5. The van der Waals surface area contributed by atoms with Crippen LogP contribution in [0.25, 0.3) is 0 Å². The zero-order chi connectivity index (χ0) is 21.0. The number of carbonyl (C=O) groups is 2. The highest BCUT2D eigenvalue weighted by molar-refractivity contribution is 6.08. The van der Waals surface area contributed by atoms with Gasteiger partial charge in [-0.1, -0.05) is 51.1 Å². The van der Waals surface area contributed by atoms with E-state index in [1.165, 1.54) is 12.3 Å². The van der Waals surface area contributed by atoms with Crippen molar-refractivity contribution in [3.63, 3.8) is 0 Å². The van der Waals surface area contributed by atoms with E-state index in [1.807, 2.05) is 55.5 Å². The number of rotatable bonds is 4. The molecule has 3 aromatic rings. The third-order valence-electron chi connectivity index (χ3n) is 4.51. The third-order valence-corrected chi connectivity index (χ3v) is 4.51. The van der Waals surface area contributed by atoms with E-state index in [0.717, 1.165) is 16.8 Å². The molecule has 0 spiro atoms. The summed E-state index contributed by atoms with van der Waals surface area (Å²) in [6, 6.07) is 18.3. The molecule has 0 saturated heterocycles. The first kappa shape index (κ1) is 20.3. The van der Waals surface area contributed by atoms with Crippen LogP contribution in [-0.2, 0) is 5.41 Å². The number of carbonyl (C=O) groups excluding carboxylic acids is 2. The summed E-state index contributed by atoms with van der Waals surface area (Å²) in [6.45, 7) is 8.24. The first-order chi connectivity index (χ1) is 13.7. The molecule has 0 aliphatic carbocycles. The predicted molar refractivity (Wildman–Crippen MR) is 116 cm³/mol. The lowest BCUT2D eigenvalue weighted by atomic mass is 9.86. The van der Waals surface area contributed by atoms with Crippen LogP contribution in [0.3, 0.4) is 0 Å². The Labute approximate surface area is 171 Å². The van der Waals surface area contributed by atoms with Gasteiger partial charge >= 0.3 is 0 Å². The van der Waals surface area contributed by atoms with Gasteiger partial charge < -0.3 is 10.6 Å². The number of amides is 2. The molecule has 2 amide bonds. The number of aromatic nitrogens is 1. The molecule has 0 aliphatic heterocycles. The molecule has 0 unspecified atom stereocenters. The average molecular weight is 387 g/mol. The van der Waals surface area contributed by atoms with E-state index in [-0.39, 0.29) is 22.9 Å². The van der Waals surface area contributed by atoms with Crippen molar-refractivity contribution < 1.29 is 9.59 Å². The SMILES string of the molecule is Cc1cccc(NC(=O)c2cc(C(=O)Nc3ccccc3C(C)(C)C)ccn2)c1. The number of pyridine rings is 1. The maximum Gasteiger partial charge on any atom is 0.274 e. The Kier molecular flexibility index (Phi) is 5.78. The summed E-state index contributed by atoms with van der Waals surface area (Å²) in [6.07, 6.45) is 1.47. The summed E-state index contributed by atoms with van der Waals surface area (Å²) < 4.78 is 0. The molecule has 5 nitrogen and oxygen atoms in total. The van der Waals surface area contributed by atoms with Crippen molar-refractivity contribution in [3.8, 4) is 0 Å². The Morgan fingerprint density at radius 2 is 1.62 bits per heavy atom. The van der Waals surface area contributed by atoms with E-state index in [4.69, 9.17) is 0 Å². The van der Waals surface area contributed by atoms with Gasteiger partial charge in [0, 0.05) is 23.1 Å². The van der Waals surface area contributed by atoms with E-state index in [9.17, 15) is 9.59 Å². The van der Waals surface area contributed by atoms with Gasteiger partial charge in [-0.25, -0.2) is 0 Å². The van der Waals surface area contributed by atoms with Gasteiger partial charge in [0.2, 0.25) is 0 Å². The lowest BCUT2D eigenvalue weighted by Gasteiger charge is -2.23. The fourth-order valence-corrected chi connectivity index (χ4v) is 3.05. The van der Waals surface area contributed by atoms with Crippen molar-refractivity contribution in [1.29, 1.82) is 0 Å². The largest absolute Gasteiger partial charge is 0.322 e. The molecular formula is C24H25N3O2. The van der Waals surface area contributed by atoms with Crippen LogP contribution in [0.5, 0.6) is 0 Å². The van der Waals surface area contributed by atoms with Crippen LogP contribution in [0.1, 0.15) is 52.7 Å². The van der Waals surface area contributed by atoms with Crippen molar-refractivity contribution >= 4 is 23.2 Å². The van der Waals surface area contributed by atoms with E-state index in [2.05, 4.69) is 36.4 Å². The minimum atomic E-state index is -0.361. The molecular weight excluding hydrogens is 362 g/mol. The Morgan fingerprint density at radius 3 is 2.34 bits per heavy atom. The predicted octanol–water partition coefficient (Wildman–Crippen LogP) is 5.19. The number of nitrogens with one attached hydrogen (secondary N) is 2. The molecule has 148 valence electrons. The summed E-state index contributed by atoms with van der Waals surface area (Å²) in [7, 11) is 0. The Hall–Kier alpha value is -3.47. The zero-order valence-electron chi connectivity index (χ0n) is 17.1. The van der Waals surface area contributed by atoms with Crippen LogP contribution < -0.4 is 10.6 Å². The molecule has 0 bridgehead atoms. The van der Waals surface area contributed by atoms with Crippen molar-refractivity contribution in [1.82, 2.24) is 4.98 Å². The molecule has 1 aromatic heterocycles. The number of hydrogen-bond donors (Lipinski definition) is 2. The normalized spacial score (nSPS) is 11.0. The highest BCUT2D eigenvalue weighted by Crippen LogP contribution is 2.29. The highest BCUT2D eigenvalue weighted by atomic mass is 16.2. The molecule has 0 radical (unpaired) electrons. The number of para-hydroxylation sites is 1. The molecule has 5 heteroatoms. The smallest absolute Gasteiger partial charge is 0.274 e. The molecule has 2 N–H and O–H groups in total. The summed E-state index contributed by atoms with van der Waals surface area (Å²) in [5.74, 6) is -0.644. The van der Waals surface area contributed by atoms with Gasteiger partial charge in [-0.3, -0.25) is 14.6 Å². The average Bonchev–Trinajstić information content (AvgIpc) is 2.67. The minimum Gasteiger partial charge on any atom is -0.322 e. The van der Waals surface area contributed by atoms with Gasteiger partial charge in [0.05, 0.1) is 0 Å².